The highest BCUT2D eigenvalue weighted by atomic mass is 19.1. The average molecular weight is 535 g/mol. The average Bonchev–Trinajstić information content (AvgIpc) is 3.33. The van der Waals surface area contributed by atoms with Crippen molar-refractivity contribution in [1.82, 2.24) is 34.3 Å². The van der Waals surface area contributed by atoms with Gasteiger partial charge in [0.1, 0.15) is 23.0 Å². The van der Waals surface area contributed by atoms with Gasteiger partial charge in [-0.05, 0) is 86.4 Å². The van der Waals surface area contributed by atoms with Crippen LogP contribution in [0, 0.1) is 11.2 Å². The van der Waals surface area contributed by atoms with Gasteiger partial charge in [-0.3, -0.25) is 19.4 Å². The van der Waals surface area contributed by atoms with Gasteiger partial charge in [-0.2, -0.15) is 0 Å². The van der Waals surface area contributed by atoms with E-state index in [-0.39, 0.29) is 5.82 Å². The standard InChI is InChI=1S/C31H31FN8/c1-38-13-10-31(11-14-38)19-39(20-31)18-21-4-7-23(8-5-21)40-28-15-26(25-9-6-22(32)16-35-25)36-17-27(28)37-30(40)24-3-2-12-34-29(24)33/h2-9,12,15-17H,10-11,13-14,18-20H2,1H3,(H2,33,34). The molecule has 0 atom stereocenters. The molecular formula is C31H31FN8. The number of hydrogen-bond donors (Lipinski definition) is 1. The highest BCUT2D eigenvalue weighted by molar-refractivity contribution is 5.86. The van der Waals surface area contributed by atoms with Gasteiger partial charge in [0, 0.05) is 31.5 Å². The normalized spacial score (nSPS) is 17.4. The van der Waals surface area contributed by atoms with E-state index in [0.717, 1.165) is 28.8 Å². The minimum Gasteiger partial charge on any atom is -0.383 e. The predicted octanol–water partition coefficient (Wildman–Crippen LogP) is 4.79. The van der Waals surface area contributed by atoms with Gasteiger partial charge < -0.3 is 10.6 Å². The molecule has 0 radical (unpaired) electrons. The van der Waals surface area contributed by atoms with Gasteiger partial charge in [-0.1, -0.05) is 12.1 Å². The molecule has 0 unspecified atom stereocenters. The Morgan fingerprint density at radius 1 is 0.925 bits per heavy atom. The SMILES string of the molecule is CN1CCC2(CC1)CN(Cc1ccc(-n3c(-c4cccnc4N)nc4cnc(-c5ccc(F)cn5)cc43)cc1)C2. The first kappa shape index (κ1) is 24.8. The van der Waals surface area contributed by atoms with Crippen LogP contribution in [-0.4, -0.2) is 67.5 Å². The van der Waals surface area contributed by atoms with E-state index in [2.05, 4.69) is 60.6 Å². The van der Waals surface area contributed by atoms with E-state index in [9.17, 15) is 4.39 Å². The molecule has 9 heteroatoms. The third-order valence-corrected chi connectivity index (χ3v) is 8.38. The third-order valence-electron chi connectivity index (χ3n) is 8.38. The van der Waals surface area contributed by atoms with Gasteiger partial charge in [-0.15, -0.1) is 0 Å². The summed E-state index contributed by atoms with van der Waals surface area (Å²) in [5.74, 6) is 0.708. The van der Waals surface area contributed by atoms with E-state index >= 15 is 0 Å². The summed E-state index contributed by atoms with van der Waals surface area (Å²) >= 11 is 0. The number of aromatic nitrogens is 5. The summed E-state index contributed by atoms with van der Waals surface area (Å²) in [7, 11) is 2.22. The second-order valence-electron chi connectivity index (χ2n) is 11.2. The summed E-state index contributed by atoms with van der Waals surface area (Å²) < 4.78 is 15.6. The Bertz CT molecular complexity index is 1660. The molecule has 0 saturated carbocycles. The summed E-state index contributed by atoms with van der Waals surface area (Å²) in [5, 5.41) is 0. The number of rotatable bonds is 5. The molecule has 2 aliphatic heterocycles. The summed E-state index contributed by atoms with van der Waals surface area (Å²) in [6, 6.07) is 17.4. The van der Waals surface area contributed by atoms with E-state index in [1.165, 1.54) is 56.8 Å². The van der Waals surface area contributed by atoms with Crippen LogP contribution in [0.5, 0.6) is 0 Å². The number of fused-ring (bicyclic) bond motifs is 1. The molecule has 6 heterocycles. The first-order chi connectivity index (χ1) is 19.5. The number of halogens is 1. The van der Waals surface area contributed by atoms with Crippen molar-refractivity contribution in [2.45, 2.75) is 19.4 Å². The molecule has 1 aromatic carbocycles. The van der Waals surface area contributed by atoms with Crippen molar-refractivity contribution in [3.05, 3.63) is 84.6 Å². The Hall–Kier alpha value is -4.21. The highest BCUT2D eigenvalue weighted by Crippen LogP contribution is 2.41. The van der Waals surface area contributed by atoms with Gasteiger partial charge in [0.05, 0.1) is 34.9 Å². The minimum absolute atomic E-state index is 0.385. The fourth-order valence-electron chi connectivity index (χ4n) is 6.13. The van der Waals surface area contributed by atoms with Crippen molar-refractivity contribution in [1.29, 1.82) is 0 Å². The lowest BCUT2D eigenvalue weighted by Gasteiger charge is -2.54. The van der Waals surface area contributed by atoms with Crippen LogP contribution in [0.4, 0.5) is 10.2 Å². The zero-order valence-corrected chi connectivity index (χ0v) is 22.5. The molecule has 7 rings (SSSR count). The highest BCUT2D eigenvalue weighted by Gasteiger charge is 2.43. The van der Waals surface area contributed by atoms with Crippen LogP contribution in [0.2, 0.25) is 0 Å². The Labute approximate surface area is 232 Å². The van der Waals surface area contributed by atoms with Crippen molar-refractivity contribution in [2.75, 3.05) is 39.0 Å². The molecule has 4 aromatic heterocycles. The van der Waals surface area contributed by atoms with Crippen LogP contribution in [-0.2, 0) is 6.54 Å². The number of nitrogens with zero attached hydrogens (tertiary/aromatic N) is 7. The van der Waals surface area contributed by atoms with Crippen molar-refractivity contribution < 1.29 is 4.39 Å². The number of piperidine rings is 1. The van der Waals surface area contributed by atoms with Gasteiger partial charge in [0.25, 0.3) is 0 Å². The van der Waals surface area contributed by atoms with Crippen LogP contribution in [0.1, 0.15) is 18.4 Å². The number of nitrogen functional groups attached to an aromatic ring is 1. The number of benzene rings is 1. The molecular weight excluding hydrogens is 503 g/mol. The quantitative estimate of drug-likeness (QED) is 0.347. The molecule has 2 N–H and O–H groups in total. The molecule has 40 heavy (non-hydrogen) atoms. The molecule has 0 aliphatic carbocycles. The van der Waals surface area contributed by atoms with Crippen molar-refractivity contribution in [2.24, 2.45) is 5.41 Å². The topological polar surface area (TPSA) is 89.0 Å². The van der Waals surface area contributed by atoms with Gasteiger partial charge in [0.15, 0.2) is 0 Å². The number of pyridine rings is 3. The maximum absolute atomic E-state index is 13.5. The number of likely N-dealkylation sites (tertiary alicyclic amines) is 2. The number of hydrogen-bond acceptors (Lipinski definition) is 7. The predicted molar refractivity (Wildman–Crippen MR) is 154 cm³/mol. The lowest BCUT2D eigenvalue weighted by atomic mass is 9.72. The van der Waals surface area contributed by atoms with Gasteiger partial charge in [0.2, 0.25) is 0 Å². The Morgan fingerprint density at radius 3 is 2.42 bits per heavy atom. The summed E-state index contributed by atoms with van der Waals surface area (Å²) in [6.45, 7) is 5.74. The number of anilines is 1. The van der Waals surface area contributed by atoms with Crippen LogP contribution < -0.4 is 5.73 Å². The lowest BCUT2D eigenvalue weighted by Crippen LogP contribution is -2.59. The molecule has 5 aromatic rings. The molecule has 1 spiro atoms. The maximum atomic E-state index is 13.5. The molecule has 8 nitrogen and oxygen atoms in total. The number of imidazole rings is 1. The second-order valence-corrected chi connectivity index (χ2v) is 11.2. The first-order valence-electron chi connectivity index (χ1n) is 13.7. The molecule has 0 bridgehead atoms. The summed E-state index contributed by atoms with van der Waals surface area (Å²) in [5.41, 5.74) is 12.6. The Kier molecular flexibility index (Phi) is 6.05. The smallest absolute Gasteiger partial charge is 0.149 e. The zero-order chi connectivity index (χ0) is 27.3. The van der Waals surface area contributed by atoms with Gasteiger partial charge >= 0.3 is 0 Å². The lowest BCUT2D eigenvalue weighted by molar-refractivity contribution is -0.0470. The summed E-state index contributed by atoms with van der Waals surface area (Å²) in [4.78, 5) is 23.0. The third kappa shape index (κ3) is 4.51. The maximum Gasteiger partial charge on any atom is 0.149 e. The van der Waals surface area contributed by atoms with E-state index in [0.29, 0.717) is 28.4 Å². The molecule has 2 fully saturated rings. The number of nitrogens with two attached hydrogens (primary N) is 1. The minimum atomic E-state index is -0.385. The second kappa shape index (κ2) is 9.76. The first-order valence-corrected chi connectivity index (χ1v) is 13.7. The summed E-state index contributed by atoms with van der Waals surface area (Å²) in [6.07, 6.45) is 7.20. The Balaban J connectivity index is 1.22. The monoisotopic (exact) mass is 534 g/mol. The van der Waals surface area contributed by atoms with Crippen molar-refractivity contribution in [3.63, 3.8) is 0 Å². The van der Waals surface area contributed by atoms with E-state index < -0.39 is 0 Å². The van der Waals surface area contributed by atoms with Crippen molar-refractivity contribution in [3.8, 4) is 28.5 Å². The van der Waals surface area contributed by atoms with E-state index in [1.807, 2.05) is 18.2 Å². The fourth-order valence-corrected chi connectivity index (χ4v) is 6.13. The fraction of sp³-hybridized carbons (Fsp3) is 0.290. The Morgan fingerprint density at radius 2 is 1.70 bits per heavy atom. The van der Waals surface area contributed by atoms with Crippen LogP contribution in [0.3, 0.4) is 0 Å². The van der Waals surface area contributed by atoms with Gasteiger partial charge in [-0.25, -0.2) is 14.4 Å². The van der Waals surface area contributed by atoms with E-state index in [1.54, 1.807) is 18.5 Å². The molecule has 2 aliphatic rings. The molecule has 0 amide bonds. The van der Waals surface area contributed by atoms with E-state index in [4.69, 9.17) is 10.7 Å². The molecule has 2 saturated heterocycles. The van der Waals surface area contributed by atoms with Crippen molar-refractivity contribution >= 4 is 16.9 Å². The largest absolute Gasteiger partial charge is 0.383 e. The molecule has 202 valence electrons. The van der Waals surface area contributed by atoms with Crippen LogP contribution in [0.25, 0.3) is 39.5 Å². The zero-order valence-electron chi connectivity index (χ0n) is 22.5. The van der Waals surface area contributed by atoms with Crippen LogP contribution in [0.15, 0.2) is 73.2 Å². The van der Waals surface area contributed by atoms with Crippen LogP contribution >= 0.6 is 0 Å².